The van der Waals surface area contributed by atoms with Crippen molar-refractivity contribution in [1.82, 2.24) is 0 Å². The highest BCUT2D eigenvalue weighted by Gasteiger charge is 2.46. The molecule has 1 aliphatic rings. The number of carbonyl (C=O) groups excluding carboxylic acids is 1. The number of carbonyl (C=O) groups is 1. The van der Waals surface area contributed by atoms with E-state index in [4.69, 9.17) is 56.4 Å². The van der Waals surface area contributed by atoms with Gasteiger partial charge in [0.2, 0.25) is 0 Å². The number of halogens is 2. The molecule has 0 aliphatic heterocycles. The van der Waals surface area contributed by atoms with E-state index in [0.29, 0.717) is 62.4 Å². The lowest BCUT2D eigenvalue weighted by molar-refractivity contribution is -0.142. The van der Waals surface area contributed by atoms with E-state index >= 15 is 9.13 Å². The van der Waals surface area contributed by atoms with Gasteiger partial charge in [-0.15, -0.1) is 0 Å². The van der Waals surface area contributed by atoms with Gasteiger partial charge < -0.3 is 42.3 Å². The average Bonchev–Trinajstić information content (AvgIpc) is 0.708. The van der Waals surface area contributed by atoms with Crippen molar-refractivity contribution in [3.63, 3.8) is 0 Å². The Hall–Kier alpha value is -5.37. The van der Waals surface area contributed by atoms with Crippen molar-refractivity contribution in [3.8, 4) is 45.6 Å². The summed E-state index contributed by atoms with van der Waals surface area (Å²) in [6, 6.07) is 23.6. The van der Waals surface area contributed by atoms with Crippen molar-refractivity contribution in [2.75, 3.05) is 42.2 Å². The van der Waals surface area contributed by atoms with E-state index in [9.17, 15) is 4.79 Å². The van der Waals surface area contributed by atoms with Gasteiger partial charge in [0.15, 0.2) is 20.9 Å². The minimum Gasteiger partial charge on any atom is -0.496 e. The highest BCUT2D eigenvalue weighted by Crippen LogP contribution is 2.59. The first-order valence-corrected chi connectivity index (χ1v) is 37.8. The fraction of sp³-hybridized carbons (Fsp3) is 0.543. The summed E-state index contributed by atoms with van der Waals surface area (Å²) in [5, 5.41) is 2.85. The van der Waals surface area contributed by atoms with Gasteiger partial charge in [-0.3, -0.25) is 0 Å². The lowest BCUT2D eigenvalue weighted by atomic mass is 9.79. The minimum absolute atomic E-state index is 0.0134. The summed E-state index contributed by atoms with van der Waals surface area (Å²) in [6.07, 6.45) is 3.91. The summed E-state index contributed by atoms with van der Waals surface area (Å²) >= 11 is 15.7. The smallest absolute Gasteiger partial charge is 0.343 e. The Morgan fingerprint density at radius 1 is 0.379 bits per heavy atom. The minimum atomic E-state index is -4.55. The molecule has 520 valence electrons. The molecule has 0 saturated heterocycles. The van der Waals surface area contributed by atoms with E-state index in [-0.39, 0.29) is 44.1 Å². The Morgan fingerprint density at radius 2 is 0.621 bits per heavy atom. The summed E-state index contributed by atoms with van der Waals surface area (Å²) in [5.74, 6) is 2.27. The van der Waals surface area contributed by atoms with Crippen LogP contribution in [0.2, 0.25) is 10.0 Å². The van der Waals surface area contributed by atoms with Gasteiger partial charge in [0, 0.05) is 87.5 Å². The molecule has 0 heterocycles. The normalized spacial score (nSPS) is 14.4. The first kappa shape index (κ1) is 77.0. The maximum Gasteiger partial charge on any atom is 0.343 e. The van der Waals surface area contributed by atoms with Gasteiger partial charge in [0.25, 0.3) is 0 Å². The fourth-order valence-electron chi connectivity index (χ4n) is 13.3. The highest BCUT2D eigenvalue weighted by molar-refractivity contribution is 7.86. The molecule has 6 aromatic carbocycles. The Morgan fingerprint density at radius 3 is 0.853 bits per heavy atom. The van der Waals surface area contributed by atoms with Crippen molar-refractivity contribution in [2.24, 2.45) is 0 Å². The summed E-state index contributed by atoms with van der Waals surface area (Å²) in [5.41, 5.74) is 2.73. The third-order valence-corrected chi connectivity index (χ3v) is 25.2. The van der Waals surface area contributed by atoms with Crippen LogP contribution >= 0.6 is 37.5 Å². The number of methoxy groups -OCH3 is 5. The molecule has 0 spiro atoms. The summed E-state index contributed by atoms with van der Waals surface area (Å²) < 4.78 is 84.7. The molecule has 0 amide bonds. The molecule has 0 bridgehead atoms. The second-order valence-corrected chi connectivity index (χ2v) is 40.6. The molecule has 0 aromatic heterocycles. The number of esters is 1. The predicted octanol–water partition coefficient (Wildman–Crippen LogP) is 19.6. The lowest BCUT2D eigenvalue weighted by Crippen LogP contribution is -2.35. The SMILES string of the molecule is COC(=O)COc1c(Cl)ccc(P(=O)(c2cc(C(C)(C)C)c(OC)c(C(C)(C)C)c2)c2cc(C(C)(C)C)c(OC)c(C(C)(C)C)c2)c1-c1c(P(=O)(c2cc(C(C)(C)C)c(OC)c(C(C)(C)C)c2)c2cc(C(C)(C)C)c(OC)c(C(C)(C)C)c2)ccc(Cl)c1OC1CCCCC1. The number of hydrogen-bond donors (Lipinski definition) is 0. The highest BCUT2D eigenvalue weighted by atomic mass is 35.5. The van der Waals surface area contributed by atoms with E-state index in [2.05, 4.69) is 190 Å². The van der Waals surface area contributed by atoms with E-state index in [1.54, 1.807) is 40.6 Å². The molecule has 1 saturated carbocycles. The van der Waals surface area contributed by atoms with Crippen LogP contribution in [0.5, 0.6) is 34.5 Å². The molecule has 0 unspecified atom stereocenters. The van der Waals surface area contributed by atoms with Gasteiger partial charge in [0.05, 0.1) is 51.7 Å². The molecule has 0 atom stereocenters. The fourth-order valence-corrected chi connectivity index (χ4v) is 19.5. The standard InChI is InChI=1S/C81H112Cl2O10P2/c1-74(2,3)53-39-49(40-54(68(53)88-26)75(4,5)6)94(85,50-41-55(76(7,8)9)69(89-27)56(42-50)77(10,11)12)63-37-35-61(82)72(92-47-65(84)87-25)66(63)67-64(38-36-62(83)73(67)93-48-33-31-30-32-34-48)95(86,51-43-57(78(13,14)15)70(90-28)58(44-51)79(16,17)18)52-45-59(80(19,20)21)71(91-29)60(46-52)81(22,23)24/h35-46,48H,30-34,47H2,1-29H3. The summed E-state index contributed by atoms with van der Waals surface area (Å²) in [7, 11) is -0.994. The van der Waals surface area contributed by atoms with Crippen LogP contribution < -0.4 is 60.2 Å². The molecular formula is C81H112Cl2O10P2. The van der Waals surface area contributed by atoms with Crippen LogP contribution in [0.25, 0.3) is 11.1 Å². The third kappa shape index (κ3) is 15.4. The molecule has 14 heteroatoms. The summed E-state index contributed by atoms with van der Waals surface area (Å²) in [6.45, 7) is 50.7. The van der Waals surface area contributed by atoms with Gasteiger partial charge in [0.1, 0.15) is 34.5 Å². The topological polar surface area (TPSA) is 116 Å². The van der Waals surface area contributed by atoms with Crippen LogP contribution in [0.15, 0.2) is 72.8 Å². The van der Waals surface area contributed by atoms with Crippen molar-refractivity contribution < 1.29 is 47.1 Å². The zero-order valence-electron chi connectivity index (χ0n) is 63.0. The summed E-state index contributed by atoms with van der Waals surface area (Å²) in [4.78, 5) is 13.9. The number of hydrogen-bond acceptors (Lipinski definition) is 10. The van der Waals surface area contributed by atoms with Crippen LogP contribution in [-0.4, -0.2) is 54.2 Å². The Balaban J connectivity index is 1.98. The van der Waals surface area contributed by atoms with Crippen LogP contribution in [0.4, 0.5) is 0 Å². The maximum absolute atomic E-state index is 19.4. The molecule has 7 rings (SSSR count). The Kier molecular flexibility index (Phi) is 22.2. The Bertz CT molecular complexity index is 3650. The van der Waals surface area contributed by atoms with Crippen LogP contribution in [-0.2, 0) is 62.0 Å². The molecular weight excluding hydrogens is 1270 g/mol. The largest absolute Gasteiger partial charge is 0.496 e. The first-order valence-electron chi connectivity index (χ1n) is 33.6. The van der Waals surface area contributed by atoms with E-state index < -0.39 is 70.2 Å². The molecule has 6 aromatic rings. The van der Waals surface area contributed by atoms with Crippen LogP contribution in [0, 0.1) is 0 Å². The molecule has 0 N–H and O–H groups in total. The number of benzene rings is 6. The zero-order chi connectivity index (χ0) is 71.7. The first-order chi connectivity index (χ1) is 43.5. The van der Waals surface area contributed by atoms with Crippen LogP contribution in [0.3, 0.4) is 0 Å². The van der Waals surface area contributed by atoms with Crippen molar-refractivity contribution in [1.29, 1.82) is 0 Å². The Labute approximate surface area is 581 Å². The lowest BCUT2D eigenvalue weighted by Gasteiger charge is -2.36. The van der Waals surface area contributed by atoms with Gasteiger partial charge in [-0.05, 0) is 142 Å². The van der Waals surface area contributed by atoms with Crippen molar-refractivity contribution >= 4 is 75.3 Å². The number of rotatable bonds is 16. The van der Waals surface area contributed by atoms with E-state index in [0.717, 1.165) is 63.8 Å². The van der Waals surface area contributed by atoms with Crippen molar-refractivity contribution in [2.45, 2.75) is 248 Å². The molecule has 1 aliphatic carbocycles. The van der Waals surface area contributed by atoms with Gasteiger partial charge in [-0.1, -0.05) is 196 Å². The van der Waals surface area contributed by atoms with Crippen LogP contribution in [0.1, 0.15) is 243 Å². The molecule has 10 nitrogen and oxygen atoms in total. The second kappa shape index (κ2) is 27.4. The molecule has 0 radical (unpaired) electrons. The second-order valence-electron chi connectivity index (χ2n) is 34.3. The van der Waals surface area contributed by atoms with Crippen molar-refractivity contribution in [3.05, 3.63) is 127 Å². The van der Waals surface area contributed by atoms with Gasteiger partial charge in [-0.2, -0.15) is 0 Å². The maximum atomic E-state index is 19.4. The quantitative estimate of drug-likeness (QED) is 0.0685. The molecule has 1 fully saturated rings. The third-order valence-electron chi connectivity index (χ3n) is 18.5. The van der Waals surface area contributed by atoms with Gasteiger partial charge in [-0.25, -0.2) is 4.79 Å². The number of ether oxygens (including phenoxy) is 7. The predicted molar refractivity (Wildman–Crippen MR) is 402 cm³/mol. The van der Waals surface area contributed by atoms with E-state index in [1.807, 2.05) is 36.4 Å². The average molecular weight is 1380 g/mol. The molecule has 95 heavy (non-hydrogen) atoms. The van der Waals surface area contributed by atoms with E-state index in [1.165, 1.54) is 7.11 Å². The zero-order valence-corrected chi connectivity index (χ0v) is 66.3. The monoisotopic (exact) mass is 1380 g/mol. The van der Waals surface area contributed by atoms with Gasteiger partial charge >= 0.3 is 5.97 Å².